The monoisotopic (exact) mass is 330 g/mol. The average Bonchev–Trinajstić information content (AvgIpc) is 3.26. The number of ether oxygens (including phenoxy) is 1. The van der Waals surface area contributed by atoms with Crippen LogP contribution in [-0.2, 0) is 6.42 Å². The van der Waals surface area contributed by atoms with Crippen molar-refractivity contribution in [3.63, 3.8) is 0 Å². The lowest BCUT2D eigenvalue weighted by Gasteiger charge is -2.06. The van der Waals surface area contributed by atoms with Crippen molar-refractivity contribution in [3.8, 4) is 5.75 Å². The third kappa shape index (κ3) is 3.48. The van der Waals surface area contributed by atoms with Crippen LogP contribution in [0.3, 0.4) is 0 Å². The molecule has 0 unspecified atom stereocenters. The topological polar surface area (TPSA) is 26.3 Å². The van der Waals surface area contributed by atoms with Gasteiger partial charge in [0.15, 0.2) is 5.78 Å². The highest BCUT2D eigenvalue weighted by molar-refractivity contribution is 9.10. The van der Waals surface area contributed by atoms with Crippen LogP contribution in [0.4, 0.5) is 0 Å². The van der Waals surface area contributed by atoms with Crippen LogP contribution in [-0.4, -0.2) is 11.9 Å². The molecule has 0 amide bonds. The summed E-state index contributed by atoms with van der Waals surface area (Å²) in [5.74, 6) is 0.984. The van der Waals surface area contributed by atoms with Crippen LogP contribution >= 0.6 is 15.9 Å². The summed E-state index contributed by atoms with van der Waals surface area (Å²) in [5, 5.41) is 0. The molecule has 2 aromatic carbocycles. The molecule has 3 heteroatoms. The minimum Gasteiger partial charge on any atom is -0.490 e. The Balaban J connectivity index is 1.65. The van der Waals surface area contributed by atoms with Gasteiger partial charge in [0.2, 0.25) is 0 Å². The molecule has 3 rings (SSSR count). The average molecular weight is 331 g/mol. The third-order valence-electron chi connectivity index (χ3n) is 3.28. The Labute approximate surface area is 126 Å². The van der Waals surface area contributed by atoms with Crippen LogP contribution in [0.25, 0.3) is 0 Å². The van der Waals surface area contributed by atoms with Crippen molar-refractivity contribution in [1.82, 2.24) is 0 Å². The van der Waals surface area contributed by atoms with Gasteiger partial charge in [0.25, 0.3) is 0 Å². The predicted octanol–water partition coefficient (Wildman–Crippen LogP) is 4.42. The molecule has 0 heterocycles. The second-order valence-electron chi connectivity index (χ2n) is 5.07. The van der Waals surface area contributed by atoms with Gasteiger partial charge < -0.3 is 4.74 Å². The number of carbonyl (C=O) groups is 1. The van der Waals surface area contributed by atoms with E-state index in [1.807, 2.05) is 48.5 Å². The van der Waals surface area contributed by atoms with Crippen LogP contribution in [0.1, 0.15) is 28.8 Å². The zero-order chi connectivity index (χ0) is 13.9. The fourth-order valence-corrected chi connectivity index (χ4v) is 2.25. The van der Waals surface area contributed by atoms with Gasteiger partial charge in [-0.05, 0) is 54.8 Å². The Morgan fingerprint density at radius 1 is 1.05 bits per heavy atom. The van der Waals surface area contributed by atoms with Gasteiger partial charge in [-0.25, -0.2) is 0 Å². The van der Waals surface area contributed by atoms with E-state index in [1.54, 1.807) is 0 Å². The maximum absolute atomic E-state index is 12.2. The van der Waals surface area contributed by atoms with Crippen molar-refractivity contribution in [2.45, 2.75) is 25.4 Å². The van der Waals surface area contributed by atoms with Gasteiger partial charge in [-0.2, -0.15) is 0 Å². The van der Waals surface area contributed by atoms with Gasteiger partial charge in [-0.15, -0.1) is 0 Å². The molecule has 1 fully saturated rings. The fourth-order valence-electron chi connectivity index (χ4n) is 1.99. The Bertz CT molecular complexity index is 598. The second kappa shape index (κ2) is 5.80. The van der Waals surface area contributed by atoms with E-state index in [0.29, 0.717) is 12.5 Å². The van der Waals surface area contributed by atoms with Gasteiger partial charge in [0.1, 0.15) is 5.75 Å². The lowest BCUT2D eigenvalue weighted by molar-refractivity contribution is 0.0993. The molecule has 1 aliphatic rings. The number of rotatable bonds is 5. The molecule has 0 atom stereocenters. The van der Waals surface area contributed by atoms with Gasteiger partial charge in [0, 0.05) is 16.5 Å². The van der Waals surface area contributed by atoms with E-state index in [-0.39, 0.29) is 5.78 Å². The molecule has 102 valence electrons. The molecule has 0 N–H and O–H groups in total. The van der Waals surface area contributed by atoms with Crippen LogP contribution in [0.5, 0.6) is 5.75 Å². The molecule has 2 aromatic rings. The third-order valence-corrected chi connectivity index (χ3v) is 3.81. The van der Waals surface area contributed by atoms with E-state index < -0.39 is 0 Å². The summed E-state index contributed by atoms with van der Waals surface area (Å²) in [6.45, 7) is 0. The van der Waals surface area contributed by atoms with Gasteiger partial charge in [0.05, 0.1) is 6.10 Å². The van der Waals surface area contributed by atoms with Crippen molar-refractivity contribution < 1.29 is 9.53 Å². The standard InChI is InChI=1S/C17H15BrO2/c18-14-5-1-12(2-6-14)11-17(19)13-3-7-15(8-4-13)20-16-9-10-16/h1-8,16H,9-11H2. The Morgan fingerprint density at radius 3 is 2.30 bits per heavy atom. The van der Waals surface area contributed by atoms with Crippen molar-refractivity contribution in [3.05, 3.63) is 64.1 Å². The fraction of sp³-hybridized carbons (Fsp3) is 0.235. The molecule has 0 saturated heterocycles. The first-order chi connectivity index (χ1) is 9.70. The molecule has 0 aliphatic heterocycles. The van der Waals surface area contributed by atoms with E-state index in [9.17, 15) is 4.79 Å². The largest absolute Gasteiger partial charge is 0.490 e. The first-order valence-corrected chi connectivity index (χ1v) is 7.54. The smallest absolute Gasteiger partial charge is 0.167 e. The number of benzene rings is 2. The molecule has 2 nitrogen and oxygen atoms in total. The second-order valence-corrected chi connectivity index (χ2v) is 5.98. The maximum atomic E-state index is 12.2. The Kier molecular flexibility index (Phi) is 3.88. The zero-order valence-electron chi connectivity index (χ0n) is 11.0. The summed E-state index contributed by atoms with van der Waals surface area (Å²) in [4.78, 5) is 12.2. The molecule has 0 bridgehead atoms. The van der Waals surface area contributed by atoms with Crippen molar-refractivity contribution in [2.24, 2.45) is 0 Å². The van der Waals surface area contributed by atoms with Gasteiger partial charge in [-0.3, -0.25) is 4.79 Å². The summed E-state index contributed by atoms with van der Waals surface area (Å²) in [5.41, 5.74) is 1.76. The van der Waals surface area contributed by atoms with Crippen LogP contribution < -0.4 is 4.74 Å². The van der Waals surface area contributed by atoms with Crippen molar-refractivity contribution >= 4 is 21.7 Å². The van der Waals surface area contributed by atoms with Gasteiger partial charge in [-0.1, -0.05) is 28.1 Å². The molecule has 0 aromatic heterocycles. The van der Waals surface area contributed by atoms with Crippen LogP contribution in [0.2, 0.25) is 0 Å². The van der Waals surface area contributed by atoms with E-state index in [1.165, 1.54) is 0 Å². The first-order valence-electron chi connectivity index (χ1n) is 6.75. The Hall–Kier alpha value is -1.61. The number of hydrogen-bond donors (Lipinski definition) is 0. The number of ketones is 1. The number of carbonyl (C=O) groups excluding carboxylic acids is 1. The van der Waals surface area contributed by atoms with E-state index in [2.05, 4.69) is 15.9 Å². The summed E-state index contributed by atoms with van der Waals surface area (Å²) < 4.78 is 6.70. The minimum absolute atomic E-state index is 0.130. The predicted molar refractivity (Wildman–Crippen MR) is 82.3 cm³/mol. The summed E-state index contributed by atoms with van der Waals surface area (Å²) in [7, 11) is 0. The summed E-state index contributed by atoms with van der Waals surface area (Å²) in [6.07, 6.45) is 3.10. The maximum Gasteiger partial charge on any atom is 0.167 e. The minimum atomic E-state index is 0.130. The van der Waals surface area contributed by atoms with Crippen LogP contribution in [0.15, 0.2) is 53.0 Å². The number of Topliss-reactive ketones (excluding diaryl/α,β-unsaturated/α-hetero) is 1. The van der Waals surface area contributed by atoms with E-state index in [0.717, 1.165) is 34.2 Å². The van der Waals surface area contributed by atoms with Gasteiger partial charge >= 0.3 is 0 Å². The molecule has 1 saturated carbocycles. The molecule has 0 radical (unpaired) electrons. The highest BCUT2D eigenvalue weighted by Gasteiger charge is 2.23. The quantitative estimate of drug-likeness (QED) is 0.759. The molecule has 1 aliphatic carbocycles. The summed E-state index contributed by atoms with van der Waals surface area (Å²) >= 11 is 3.39. The lowest BCUT2D eigenvalue weighted by atomic mass is 10.0. The SMILES string of the molecule is O=C(Cc1ccc(Br)cc1)c1ccc(OC2CC2)cc1. The number of halogens is 1. The first kappa shape index (κ1) is 13.4. The van der Waals surface area contributed by atoms with E-state index >= 15 is 0 Å². The van der Waals surface area contributed by atoms with Crippen molar-refractivity contribution in [1.29, 1.82) is 0 Å². The normalized spacial score (nSPS) is 14.1. The highest BCUT2D eigenvalue weighted by Crippen LogP contribution is 2.26. The highest BCUT2D eigenvalue weighted by atomic mass is 79.9. The number of hydrogen-bond acceptors (Lipinski definition) is 2. The molecular weight excluding hydrogens is 316 g/mol. The zero-order valence-corrected chi connectivity index (χ0v) is 12.6. The summed E-state index contributed by atoms with van der Waals surface area (Å²) in [6, 6.07) is 15.3. The van der Waals surface area contributed by atoms with Crippen LogP contribution in [0, 0.1) is 0 Å². The molecule has 20 heavy (non-hydrogen) atoms. The molecular formula is C17H15BrO2. The lowest BCUT2D eigenvalue weighted by Crippen LogP contribution is -2.03. The van der Waals surface area contributed by atoms with E-state index in [4.69, 9.17) is 4.74 Å². The Morgan fingerprint density at radius 2 is 1.70 bits per heavy atom. The van der Waals surface area contributed by atoms with Crippen molar-refractivity contribution in [2.75, 3.05) is 0 Å². The molecule has 0 spiro atoms.